The molecule has 0 radical (unpaired) electrons. The topological polar surface area (TPSA) is 31.5 Å². The maximum Gasteiger partial charge on any atom is -0.0184 e. The van der Waals surface area contributed by atoms with Gasteiger partial charge in [0, 0.05) is 0 Å². The van der Waals surface area contributed by atoms with Crippen LogP contribution >= 0.6 is 0 Å². The van der Waals surface area contributed by atoms with E-state index in [9.17, 15) is 0 Å². The van der Waals surface area contributed by atoms with Gasteiger partial charge in [0.25, 0.3) is 0 Å². The molecule has 2 N–H and O–H groups in total. The zero-order valence-electron chi connectivity index (χ0n) is 9.58. The predicted molar refractivity (Wildman–Crippen MR) is 74.0 cm³/mol. The van der Waals surface area contributed by atoms with Crippen LogP contribution in [0.25, 0.3) is 10.8 Å². The number of hydrogen-bond acceptors (Lipinski definition) is 0. The molecule has 1 heteroatoms. The standard InChI is InChI=1S/C10H8.C6H6.H2O/c1-2-6-10-8-4-3-7-9(10)5-1;1-2-4-6-5-3-1;/h1-8H;1-6H;1H2. The number of fused-ring (bicyclic) bond motifs is 1. The zero-order chi connectivity index (χ0) is 11.1. The van der Waals surface area contributed by atoms with Crippen LogP contribution in [0.4, 0.5) is 0 Å². The first-order valence-electron chi connectivity index (χ1n) is 5.40. The lowest BCUT2D eigenvalue weighted by molar-refractivity contribution is 0.824. The first kappa shape index (κ1) is 12.9. The van der Waals surface area contributed by atoms with Crippen molar-refractivity contribution in [3.63, 3.8) is 0 Å². The van der Waals surface area contributed by atoms with Gasteiger partial charge >= 0.3 is 0 Å². The van der Waals surface area contributed by atoms with E-state index in [0.717, 1.165) is 0 Å². The van der Waals surface area contributed by atoms with E-state index in [-0.39, 0.29) is 5.48 Å². The Morgan fingerprint density at radius 2 is 0.588 bits per heavy atom. The van der Waals surface area contributed by atoms with E-state index in [1.807, 2.05) is 36.4 Å². The van der Waals surface area contributed by atoms with E-state index < -0.39 is 0 Å². The van der Waals surface area contributed by atoms with E-state index in [2.05, 4.69) is 48.5 Å². The van der Waals surface area contributed by atoms with Gasteiger partial charge in [-0.25, -0.2) is 0 Å². The molecular formula is C16H16O. The maximum absolute atomic E-state index is 2.12. The highest BCUT2D eigenvalue weighted by Crippen LogP contribution is 2.11. The maximum atomic E-state index is 2.12. The Kier molecular flexibility index (Phi) is 5.49. The molecule has 0 amide bonds. The summed E-state index contributed by atoms with van der Waals surface area (Å²) in [5, 5.41) is 2.62. The lowest BCUT2D eigenvalue weighted by Crippen LogP contribution is -1.67. The third kappa shape index (κ3) is 4.09. The minimum absolute atomic E-state index is 0. The van der Waals surface area contributed by atoms with Crippen LogP contribution in [0, 0.1) is 0 Å². The molecule has 0 bridgehead atoms. The van der Waals surface area contributed by atoms with Gasteiger partial charge in [0.15, 0.2) is 0 Å². The van der Waals surface area contributed by atoms with Gasteiger partial charge in [-0.15, -0.1) is 0 Å². The van der Waals surface area contributed by atoms with Crippen molar-refractivity contribution >= 4 is 10.8 Å². The van der Waals surface area contributed by atoms with Gasteiger partial charge < -0.3 is 5.48 Å². The van der Waals surface area contributed by atoms with Crippen molar-refractivity contribution in [2.24, 2.45) is 0 Å². The second-order valence-electron chi connectivity index (χ2n) is 3.50. The fourth-order valence-corrected chi connectivity index (χ4v) is 1.52. The summed E-state index contributed by atoms with van der Waals surface area (Å²) in [7, 11) is 0. The summed E-state index contributed by atoms with van der Waals surface area (Å²) in [6, 6.07) is 28.7. The quantitative estimate of drug-likeness (QED) is 0.557. The van der Waals surface area contributed by atoms with Crippen LogP contribution in [0.15, 0.2) is 84.9 Å². The van der Waals surface area contributed by atoms with E-state index in [4.69, 9.17) is 0 Å². The van der Waals surface area contributed by atoms with Crippen molar-refractivity contribution in [3.8, 4) is 0 Å². The van der Waals surface area contributed by atoms with Crippen molar-refractivity contribution < 1.29 is 5.48 Å². The van der Waals surface area contributed by atoms with Crippen molar-refractivity contribution in [2.45, 2.75) is 0 Å². The van der Waals surface area contributed by atoms with Gasteiger partial charge in [-0.1, -0.05) is 84.9 Å². The molecule has 1 nitrogen and oxygen atoms in total. The lowest BCUT2D eigenvalue weighted by Gasteiger charge is -1.92. The molecule has 0 aliphatic heterocycles. The summed E-state index contributed by atoms with van der Waals surface area (Å²) in [5.74, 6) is 0. The number of hydrogen-bond donors (Lipinski definition) is 0. The highest BCUT2D eigenvalue weighted by atomic mass is 16.0. The van der Waals surface area contributed by atoms with Crippen LogP contribution in [0.5, 0.6) is 0 Å². The molecule has 0 heterocycles. The Morgan fingerprint density at radius 1 is 0.353 bits per heavy atom. The van der Waals surface area contributed by atoms with Crippen LogP contribution in [-0.4, -0.2) is 5.48 Å². The molecule has 0 saturated carbocycles. The zero-order valence-corrected chi connectivity index (χ0v) is 9.58. The van der Waals surface area contributed by atoms with Gasteiger partial charge in [-0.2, -0.15) is 0 Å². The first-order valence-corrected chi connectivity index (χ1v) is 5.40. The van der Waals surface area contributed by atoms with Crippen LogP contribution < -0.4 is 0 Å². The van der Waals surface area contributed by atoms with Crippen LogP contribution in [-0.2, 0) is 0 Å². The van der Waals surface area contributed by atoms with Crippen LogP contribution in [0.3, 0.4) is 0 Å². The molecule has 0 aromatic heterocycles. The summed E-state index contributed by atoms with van der Waals surface area (Å²) in [5.41, 5.74) is 0. The molecule has 0 spiro atoms. The number of benzene rings is 3. The SMILES string of the molecule is O.c1ccc2ccccc2c1.c1ccccc1. The molecule has 0 fully saturated rings. The second kappa shape index (κ2) is 7.20. The molecule has 0 aliphatic rings. The van der Waals surface area contributed by atoms with Crippen molar-refractivity contribution in [1.29, 1.82) is 0 Å². The molecule has 86 valence electrons. The Balaban J connectivity index is 0.000000180. The summed E-state index contributed by atoms with van der Waals surface area (Å²) in [6.45, 7) is 0. The average molecular weight is 224 g/mol. The van der Waals surface area contributed by atoms with Gasteiger partial charge in [-0.05, 0) is 10.8 Å². The monoisotopic (exact) mass is 224 g/mol. The Hall–Kier alpha value is -2.12. The van der Waals surface area contributed by atoms with Crippen LogP contribution in [0.1, 0.15) is 0 Å². The van der Waals surface area contributed by atoms with Crippen molar-refractivity contribution in [3.05, 3.63) is 84.9 Å². The van der Waals surface area contributed by atoms with Gasteiger partial charge in [0.05, 0.1) is 0 Å². The van der Waals surface area contributed by atoms with Gasteiger partial charge in [0.2, 0.25) is 0 Å². The van der Waals surface area contributed by atoms with Gasteiger partial charge in [0.1, 0.15) is 0 Å². The fraction of sp³-hybridized carbons (Fsp3) is 0. The van der Waals surface area contributed by atoms with Crippen LogP contribution in [0.2, 0.25) is 0 Å². The molecule has 3 aromatic rings. The van der Waals surface area contributed by atoms with E-state index in [0.29, 0.717) is 0 Å². The minimum atomic E-state index is 0. The van der Waals surface area contributed by atoms with Crippen molar-refractivity contribution in [2.75, 3.05) is 0 Å². The second-order valence-corrected chi connectivity index (χ2v) is 3.50. The Bertz CT molecular complexity index is 440. The highest BCUT2D eigenvalue weighted by molar-refractivity contribution is 5.81. The summed E-state index contributed by atoms with van der Waals surface area (Å²) < 4.78 is 0. The third-order valence-corrected chi connectivity index (χ3v) is 2.33. The minimum Gasteiger partial charge on any atom is -0.412 e. The molecule has 0 atom stereocenters. The summed E-state index contributed by atoms with van der Waals surface area (Å²) >= 11 is 0. The molecular weight excluding hydrogens is 208 g/mol. The molecule has 3 rings (SSSR count). The predicted octanol–water partition coefficient (Wildman–Crippen LogP) is 3.70. The van der Waals surface area contributed by atoms with Crippen molar-refractivity contribution in [1.82, 2.24) is 0 Å². The first-order chi connectivity index (χ1) is 7.97. The van der Waals surface area contributed by atoms with E-state index in [1.54, 1.807) is 0 Å². The number of rotatable bonds is 0. The molecule has 0 unspecified atom stereocenters. The molecule has 0 saturated heterocycles. The highest BCUT2D eigenvalue weighted by Gasteiger charge is 1.85. The molecule has 0 aliphatic carbocycles. The fourth-order valence-electron chi connectivity index (χ4n) is 1.52. The Morgan fingerprint density at radius 3 is 0.824 bits per heavy atom. The average Bonchev–Trinajstić information content (AvgIpc) is 2.42. The molecule has 3 aromatic carbocycles. The molecule has 17 heavy (non-hydrogen) atoms. The normalized spacial score (nSPS) is 8.71. The summed E-state index contributed by atoms with van der Waals surface area (Å²) in [4.78, 5) is 0. The largest absolute Gasteiger partial charge is 0.412 e. The summed E-state index contributed by atoms with van der Waals surface area (Å²) in [6.07, 6.45) is 0. The van der Waals surface area contributed by atoms with E-state index in [1.165, 1.54) is 10.8 Å². The third-order valence-electron chi connectivity index (χ3n) is 2.33. The van der Waals surface area contributed by atoms with Gasteiger partial charge in [-0.3, -0.25) is 0 Å². The smallest absolute Gasteiger partial charge is 0.0184 e. The van der Waals surface area contributed by atoms with E-state index >= 15 is 0 Å². The lowest BCUT2D eigenvalue weighted by atomic mass is 10.1. The Labute approximate surface area is 102 Å².